The monoisotopic (exact) mass is 448 g/mol. The zero-order valence-corrected chi connectivity index (χ0v) is 17.0. The lowest BCUT2D eigenvalue weighted by Crippen LogP contribution is -2.29. The predicted molar refractivity (Wildman–Crippen MR) is 110 cm³/mol. The second kappa shape index (κ2) is 7.70. The highest BCUT2D eigenvalue weighted by Gasteiger charge is 2.32. The van der Waals surface area contributed by atoms with E-state index < -0.39 is 27.6 Å². The molecule has 0 aromatic heterocycles. The van der Waals surface area contributed by atoms with Gasteiger partial charge in [0.05, 0.1) is 10.7 Å². The largest absolute Gasteiger partial charge is 0.322 e. The molecule has 3 aromatic rings. The van der Waals surface area contributed by atoms with Gasteiger partial charge < -0.3 is 5.32 Å². The van der Waals surface area contributed by atoms with Gasteiger partial charge in [-0.1, -0.05) is 29.8 Å². The number of carbonyl (C=O) groups is 1. The van der Waals surface area contributed by atoms with Crippen LogP contribution < -0.4 is 9.62 Å². The Bertz CT molecular complexity index is 1260. The third kappa shape index (κ3) is 3.64. The summed E-state index contributed by atoms with van der Waals surface area (Å²) in [4.78, 5) is 12.3. The van der Waals surface area contributed by atoms with Crippen molar-refractivity contribution in [1.29, 1.82) is 0 Å². The molecular weight excluding hydrogens is 434 g/mol. The maximum Gasteiger partial charge on any atom is 0.265 e. The molecule has 5 nitrogen and oxygen atoms in total. The Balaban J connectivity index is 1.66. The van der Waals surface area contributed by atoms with Gasteiger partial charge in [0, 0.05) is 23.9 Å². The molecule has 0 radical (unpaired) electrons. The first-order valence-corrected chi connectivity index (χ1v) is 10.8. The highest BCUT2D eigenvalue weighted by atomic mass is 35.5. The maximum atomic E-state index is 13.4. The first-order valence-electron chi connectivity index (χ1n) is 8.94. The minimum Gasteiger partial charge on any atom is -0.322 e. The predicted octanol–water partition coefficient (Wildman–Crippen LogP) is 4.62. The summed E-state index contributed by atoms with van der Waals surface area (Å²) in [6.07, 6.45) is 0.573. The number of hydrogen-bond acceptors (Lipinski definition) is 3. The summed E-state index contributed by atoms with van der Waals surface area (Å²) in [5.41, 5.74) is 1.52. The third-order valence-electron chi connectivity index (χ3n) is 4.78. The molecule has 0 spiro atoms. The molecule has 1 amide bonds. The van der Waals surface area contributed by atoms with Crippen molar-refractivity contribution in [3.63, 3.8) is 0 Å². The van der Waals surface area contributed by atoms with Crippen LogP contribution in [-0.4, -0.2) is 20.9 Å². The summed E-state index contributed by atoms with van der Waals surface area (Å²) in [6, 6.07) is 13.9. The Hall–Kier alpha value is -2.97. The molecule has 0 fully saturated rings. The zero-order chi connectivity index (χ0) is 21.5. The Kier molecular flexibility index (Phi) is 5.21. The van der Waals surface area contributed by atoms with Gasteiger partial charge in [-0.3, -0.25) is 9.10 Å². The van der Waals surface area contributed by atoms with Gasteiger partial charge >= 0.3 is 0 Å². The molecule has 1 N–H and O–H groups in total. The van der Waals surface area contributed by atoms with E-state index in [1.807, 2.05) is 12.1 Å². The Morgan fingerprint density at radius 2 is 1.77 bits per heavy atom. The zero-order valence-electron chi connectivity index (χ0n) is 15.4. The number of halogens is 3. The first-order chi connectivity index (χ1) is 14.3. The van der Waals surface area contributed by atoms with E-state index in [9.17, 15) is 22.0 Å². The Morgan fingerprint density at radius 3 is 2.53 bits per heavy atom. The average molecular weight is 449 g/mol. The van der Waals surface area contributed by atoms with E-state index in [0.29, 0.717) is 12.1 Å². The number of fused-ring (bicyclic) bond motifs is 1. The quantitative estimate of drug-likeness (QED) is 0.633. The lowest BCUT2D eigenvalue weighted by molar-refractivity contribution is 0.102. The van der Waals surface area contributed by atoms with Crippen LogP contribution in [0, 0.1) is 11.6 Å². The van der Waals surface area contributed by atoms with E-state index in [2.05, 4.69) is 5.32 Å². The summed E-state index contributed by atoms with van der Waals surface area (Å²) >= 11 is 6.16. The number of nitrogens with zero attached hydrogens (tertiary/aromatic N) is 1. The summed E-state index contributed by atoms with van der Waals surface area (Å²) in [5, 5.41) is 2.39. The minimum atomic E-state index is -4.01. The van der Waals surface area contributed by atoms with Crippen molar-refractivity contribution in [3.05, 3.63) is 88.4 Å². The van der Waals surface area contributed by atoms with Crippen LogP contribution in [0.15, 0.2) is 65.6 Å². The summed E-state index contributed by atoms with van der Waals surface area (Å²) in [5.74, 6) is -2.84. The van der Waals surface area contributed by atoms with Crippen LogP contribution in [0.4, 0.5) is 20.2 Å². The lowest BCUT2D eigenvalue weighted by Gasteiger charge is -2.20. The van der Waals surface area contributed by atoms with Crippen molar-refractivity contribution >= 4 is 38.9 Å². The fraction of sp³-hybridized carbons (Fsp3) is 0.0952. The third-order valence-corrected chi connectivity index (χ3v) is 7.08. The molecule has 3 aromatic carbocycles. The van der Waals surface area contributed by atoms with E-state index >= 15 is 0 Å². The molecule has 154 valence electrons. The SMILES string of the molecule is O=C(Nc1ccc(F)c(F)c1)c1ccc(Cl)c(S(=O)(=O)N2CCc3ccccc32)c1. The van der Waals surface area contributed by atoms with E-state index in [-0.39, 0.29) is 27.7 Å². The van der Waals surface area contributed by atoms with Gasteiger partial charge in [-0.15, -0.1) is 0 Å². The number of anilines is 2. The number of rotatable bonds is 4. The van der Waals surface area contributed by atoms with Crippen LogP contribution in [0.2, 0.25) is 5.02 Å². The van der Waals surface area contributed by atoms with Crippen molar-refractivity contribution in [2.24, 2.45) is 0 Å². The number of para-hydroxylation sites is 1. The van der Waals surface area contributed by atoms with Gasteiger partial charge in [0.2, 0.25) is 0 Å². The number of carbonyl (C=O) groups excluding carboxylic acids is 1. The molecule has 4 rings (SSSR count). The molecule has 0 bridgehead atoms. The van der Waals surface area contributed by atoms with Crippen LogP contribution in [0.3, 0.4) is 0 Å². The molecule has 1 aliphatic heterocycles. The number of sulfonamides is 1. The van der Waals surface area contributed by atoms with Crippen molar-refractivity contribution in [3.8, 4) is 0 Å². The van der Waals surface area contributed by atoms with Crippen LogP contribution in [0.5, 0.6) is 0 Å². The number of amides is 1. The lowest BCUT2D eigenvalue weighted by atomic mass is 10.2. The molecule has 1 heterocycles. The van der Waals surface area contributed by atoms with Gasteiger partial charge in [-0.05, 0) is 48.4 Å². The van der Waals surface area contributed by atoms with Gasteiger partial charge in [-0.2, -0.15) is 0 Å². The van der Waals surface area contributed by atoms with Gasteiger partial charge in [-0.25, -0.2) is 17.2 Å². The fourth-order valence-corrected chi connectivity index (χ4v) is 5.30. The van der Waals surface area contributed by atoms with Crippen LogP contribution >= 0.6 is 11.6 Å². The molecule has 0 atom stereocenters. The number of hydrogen-bond donors (Lipinski definition) is 1. The highest BCUT2D eigenvalue weighted by Crippen LogP contribution is 2.35. The van der Waals surface area contributed by atoms with Gasteiger partial charge in [0.1, 0.15) is 4.90 Å². The van der Waals surface area contributed by atoms with E-state index in [1.165, 1.54) is 28.6 Å². The standard InChI is InChI=1S/C21H15ClF2N2O3S/c22-16-7-5-14(21(27)25-15-6-8-17(23)18(24)12-15)11-20(16)30(28,29)26-10-9-13-3-1-2-4-19(13)26/h1-8,11-12H,9-10H2,(H,25,27). The average Bonchev–Trinajstić information content (AvgIpc) is 3.16. The molecule has 0 aliphatic carbocycles. The van der Waals surface area contributed by atoms with Crippen LogP contribution in [-0.2, 0) is 16.4 Å². The molecular formula is C21H15ClF2N2O3S. The normalized spacial score (nSPS) is 13.2. The fourth-order valence-electron chi connectivity index (χ4n) is 3.30. The Morgan fingerprint density at radius 1 is 1.00 bits per heavy atom. The molecule has 30 heavy (non-hydrogen) atoms. The highest BCUT2D eigenvalue weighted by molar-refractivity contribution is 7.93. The van der Waals surface area contributed by atoms with Gasteiger partial charge in [0.15, 0.2) is 11.6 Å². The molecule has 0 unspecified atom stereocenters. The van der Waals surface area contributed by atoms with Crippen LogP contribution in [0.1, 0.15) is 15.9 Å². The van der Waals surface area contributed by atoms with Crippen molar-refractivity contribution in [2.45, 2.75) is 11.3 Å². The van der Waals surface area contributed by atoms with E-state index in [4.69, 9.17) is 11.6 Å². The van der Waals surface area contributed by atoms with Crippen molar-refractivity contribution in [2.75, 3.05) is 16.2 Å². The van der Waals surface area contributed by atoms with Crippen molar-refractivity contribution < 1.29 is 22.0 Å². The topological polar surface area (TPSA) is 66.5 Å². The summed E-state index contributed by atoms with van der Waals surface area (Å²) in [6.45, 7) is 0.267. The van der Waals surface area contributed by atoms with Gasteiger partial charge in [0.25, 0.3) is 15.9 Å². The summed E-state index contributed by atoms with van der Waals surface area (Å²) < 4.78 is 54.2. The summed E-state index contributed by atoms with van der Waals surface area (Å²) in [7, 11) is -4.01. The maximum absolute atomic E-state index is 13.4. The first kappa shape index (κ1) is 20.3. The molecule has 1 aliphatic rings. The molecule has 9 heteroatoms. The smallest absolute Gasteiger partial charge is 0.265 e. The molecule has 0 saturated heterocycles. The minimum absolute atomic E-state index is 0.00944. The van der Waals surface area contributed by atoms with Crippen LogP contribution in [0.25, 0.3) is 0 Å². The van der Waals surface area contributed by atoms with E-state index in [1.54, 1.807) is 12.1 Å². The number of nitrogens with one attached hydrogen (secondary N) is 1. The Labute approximate surface area is 177 Å². The number of benzene rings is 3. The van der Waals surface area contributed by atoms with Crippen molar-refractivity contribution in [1.82, 2.24) is 0 Å². The second-order valence-electron chi connectivity index (χ2n) is 6.68. The van der Waals surface area contributed by atoms with E-state index in [0.717, 1.165) is 17.7 Å². The second-order valence-corrected chi connectivity index (χ2v) is 8.92. The molecule has 0 saturated carbocycles.